The topological polar surface area (TPSA) is 50.7 Å². The first-order valence-corrected chi connectivity index (χ1v) is 8.98. The number of nitrogens with one attached hydrogen (secondary N) is 1. The predicted molar refractivity (Wildman–Crippen MR) is 105 cm³/mol. The van der Waals surface area contributed by atoms with Gasteiger partial charge in [-0.1, -0.05) is 54.0 Å². The number of benzene rings is 2. The number of carbonyl (C=O) groups excluding carboxylic acids is 1. The number of rotatable bonds is 6. The van der Waals surface area contributed by atoms with Crippen molar-refractivity contribution in [2.45, 2.75) is 33.6 Å². The number of hydrazone groups is 1. The standard InChI is InChI=1S/C20H23BrN2O2/c1-13(2)18-10-5-14(3)11-19(18)25-12-20(24)23-22-15(4)16-6-8-17(21)9-7-16/h5-11,13H,12H2,1-4H3,(H,23,24). The van der Waals surface area contributed by atoms with Gasteiger partial charge in [-0.25, -0.2) is 5.43 Å². The maximum Gasteiger partial charge on any atom is 0.277 e. The molecule has 5 heteroatoms. The van der Waals surface area contributed by atoms with Gasteiger partial charge >= 0.3 is 0 Å². The van der Waals surface area contributed by atoms with Crippen LogP contribution in [0.25, 0.3) is 0 Å². The summed E-state index contributed by atoms with van der Waals surface area (Å²) in [5.74, 6) is 0.794. The molecule has 0 radical (unpaired) electrons. The van der Waals surface area contributed by atoms with Crippen LogP contribution in [-0.2, 0) is 4.79 Å². The van der Waals surface area contributed by atoms with Crippen LogP contribution in [0.5, 0.6) is 5.75 Å². The fraction of sp³-hybridized carbons (Fsp3) is 0.300. The fourth-order valence-corrected chi connectivity index (χ4v) is 2.59. The molecule has 0 unspecified atom stereocenters. The Balaban J connectivity index is 1.96. The zero-order valence-corrected chi connectivity index (χ0v) is 16.6. The van der Waals surface area contributed by atoms with Gasteiger partial charge < -0.3 is 4.74 Å². The maximum atomic E-state index is 12.0. The van der Waals surface area contributed by atoms with Gasteiger partial charge in [-0.05, 0) is 54.7 Å². The van der Waals surface area contributed by atoms with Gasteiger partial charge in [0.2, 0.25) is 0 Å². The highest BCUT2D eigenvalue weighted by molar-refractivity contribution is 9.10. The molecule has 0 heterocycles. The molecule has 2 aromatic carbocycles. The summed E-state index contributed by atoms with van der Waals surface area (Å²) in [6.07, 6.45) is 0. The number of halogens is 1. The van der Waals surface area contributed by atoms with Gasteiger partial charge in [-0.3, -0.25) is 4.79 Å². The van der Waals surface area contributed by atoms with E-state index in [4.69, 9.17) is 4.74 Å². The molecule has 0 fully saturated rings. The van der Waals surface area contributed by atoms with E-state index in [9.17, 15) is 4.79 Å². The molecule has 2 rings (SSSR count). The molecule has 0 saturated carbocycles. The van der Waals surface area contributed by atoms with E-state index in [1.165, 1.54) is 0 Å². The second-order valence-electron chi connectivity index (χ2n) is 6.22. The minimum absolute atomic E-state index is 0.0692. The summed E-state index contributed by atoms with van der Waals surface area (Å²) >= 11 is 3.39. The lowest BCUT2D eigenvalue weighted by atomic mass is 10.0. The minimum Gasteiger partial charge on any atom is -0.483 e. The van der Waals surface area contributed by atoms with Gasteiger partial charge in [0, 0.05) is 4.47 Å². The highest BCUT2D eigenvalue weighted by Crippen LogP contribution is 2.27. The van der Waals surface area contributed by atoms with Crippen LogP contribution >= 0.6 is 15.9 Å². The molecule has 0 bridgehead atoms. The van der Waals surface area contributed by atoms with Crippen LogP contribution in [0.2, 0.25) is 0 Å². The molecule has 4 nitrogen and oxygen atoms in total. The van der Waals surface area contributed by atoms with Crippen molar-refractivity contribution < 1.29 is 9.53 Å². The summed E-state index contributed by atoms with van der Waals surface area (Å²) in [7, 11) is 0. The van der Waals surface area contributed by atoms with E-state index in [1.54, 1.807) is 0 Å². The largest absolute Gasteiger partial charge is 0.483 e. The Labute approximate surface area is 157 Å². The van der Waals surface area contributed by atoms with Crippen LogP contribution in [0.1, 0.15) is 43.4 Å². The van der Waals surface area contributed by atoms with E-state index in [2.05, 4.69) is 40.3 Å². The Morgan fingerprint density at radius 1 is 1.20 bits per heavy atom. The number of aryl methyl sites for hydroxylation is 1. The number of hydrogen-bond donors (Lipinski definition) is 1. The van der Waals surface area contributed by atoms with Crippen molar-refractivity contribution in [2.75, 3.05) is 6.61 Å². The number of hydrogen-bond acceptors (Lipinski definition) is 3. The van der Waals surface area contributed by atoms with Gasteiger partial charge in [0.1, 0.15) is 5.75 Å². The molecule has 0 aliphatic heterocycles. The second kappa shape index (κ2) is 8.81. The number of amides is 1. The molecule has 0 aliphatic carbocycles. The molecule has 1 N–H and O–H groups in total. The van der Waals surface area contributed by atoms with Gasteiger partial charge in [-0.2, -0.15) is 5.10 Å². The van der Waals surface area contributed by atoms with Gasteiger partial charge in [0.25, 0.3) is 5.91 Å². The summed E-state index contributed by atoms with van der Waals surface area (Å²) in [5, 5.41) is 4.13. The Morgan fingerprint density at radius 3 is 2.52 bits per heavy atom. The first kappa shape index (κ1) is 19.2. The summed E-state index contributed by atoms with van der Waals surface area (Å²) in [5.41, 5.74) is 6.42. The molecule has 0 saturated heterocycles. The summed E-state index contributed by atoms with van der Waals surface area (Å²) in [6.45, 7) is 7.98. The van der Waals surface area contributed by atoms with Gasteiger partial charge in [0.15, 0.2) is 6.61 Å². The summed E-state index contributed by atoms with van der Waals surface area (Å²) < 4.78 is 6.71. The van der Waals surface area contributed by atoms with Crippen molar-refractivity contribution in [1.29, 1.82) is 0 Å². The highest BCUT2D eigenvalue weighted by Gasteiger charge is 2.10. The van der Waals surface area contributed by atoms with Crippen molar-refractivity contribution >= 4 is 27.5 Å². The Hall–Kier alpha value is -2.14. The lowest BCUT2D eigenvalue weighted by Crippen LogP contribution is -2.26. The lowest BCUT2D eigenvalue weighted by Gasteiger charge is -2.14. The molecule has 0 atom stereocenters. The zero-order chi connectivity index (χ0) is 18.4. The zero-order valence-electron chi connectivity index (χ0n) is 15.0. The van der Waals surface area contributed by atoms with Gasteiger partial charge in [0.05, 0.1) is 5.71 Å². The van der Waals surface area contributed by atoms with E-state index in [0.717, 1.165) is 32.6 Å². The highest BCUT2D eigenvalue weighted by atomic mass is 79.9. The first-order chi connectivity index (χ1) is 11.9. The molecule has 0 aliphatic rings. The summed E-state index contributed by atoms with van der Waals surface area (Å²) in [4.78, 5) is 12.0. The first-order valence-electron chi connectivity index (χ1n) is 8.19. The molecule has 132 valence electrons. The normalized spacial score (nSPS) is 11.5. The van der Waals surface area contributed by atoms with E-state index in [0.29, 0.717) is 5.92 Å². The molecular formula is C20H23BrN2O2. The lowest BCUT2D eigenvalue weighted by molar-refractivity contribution is -0.123. The van der Waals surface area contributed by atoms with Crippen LogP contribution in [0.4, 0.5) is 0 Å². The van der Waals surface area contributed by atoms with E-state index in [1.807, 2.05) is 56.3 Å². The van der Waals surface area contributed by atoms with Crippen molar-refractivity contribution in [2.24, 2.45) is 5.10 Å². The van der Waals surface area contributed by atoms with Crippen LogP contribution in [0.3, 0.4) is 0 Å². The van der Waals surface area contributed by atoms with Crippen molar-refractivity contribution in [3.8, 4) is 5.75 Å². The smallest absolute Gasteiger partial charge is 0.277 e. The third-order valence-electron chi connectivity index (χ3n) is 3.76. The molecular weight excluding hydrogens is 380 g/mol. The minimum atomic E-state index is -0.285. The average molecular weight is 403 g/mol. The number of ether oxygens (including phenoxy) is 1. The molecule has 0 aromatic heterocycles. The Kier molecular flexibility index (Phi) is 6.76. The fourth-order valence-electron chi connectivity index (χ4n) is 2.32. The predicted octanol–water partition coefficient (Wildman–Crippen LogP) is 4.80. The molecule has 1 amide bonds. The van der Waals surface area contributed by atoms with Crippen molar-refractivity contribution in [3.05, 3.63) is 63.6 Å². The Morgan fingerprint density at radius 2 is 1.88 bits per heavy atom. The van der Waals surface area contributed by atoms with E-state index in [-0.39, 0.29) is 12.5 Å². The second-order valence-corrected chi connectivity index (χ2v) is 7.14. The third kappa shape index (κ3) is 5.71. The van der Waals surface area contributed by atoms with Crippen molar-refractivity contribution in [1.82, 2.24) is 5.43 Å². The molecule has 0 spiro atoms. The van der Waals surface area contributed by atoms with Crippen LogP contribution in [-0.4, -0.2) is 18.2 Å². The SMILES string of the molecule is CC(=NNC(=O)COc1cc(C)ccc1C(C)C)c1ccc(Br)cc1. The van der Waals surface area contributed by atoms with Crippen molar-refractivity contribution in [3.63, 3.8) is 0 Å². The van der Waals surface area contributed by atoms with E-state index >= 15 is 0 Å². The molecule has 2 aromatic rings. The molecule has 25 heavy (non-hydrogen) atoms. The summed E-state index contributed by atoms with van der Waals surface area (Å²) in [6, 6.07) is 13.8. The maximum absolute atomic E-state index is 12.0. The van der Waals surface area contributed by atoms with E-state index < -0.39 is 0 Å². The van der Waals surface area contributed by atoms with Crippen LogP contribution in [0.15, 0.2) is 52.0 Å². The quantitative estimate of drug-likeness (QED) is 0.557. The third-order valence-corrected chi connectivity index (χ3v) is 4.29. The monoisotopic (exact) mass is 402 g/mol. The van der Waals surface area contributed by atoms with Crippen LogP contribution in [0, 0.1) is 6.92 Å². The number of carbonyl (C=O) groups is 1. The number of nitrogens with zero attached hydrogens (tertiary/aromatic N) is 1. The van der Waals surface area contributed by atoms with Gasteiger partial charge in [-0.15, -0.1) is 0 Å². The average Bonchev–Trinajstić information content (AvgIpc) is 2.58. The Bertz CT molecular complexity index is 768. The van der Waals surface area contributed by atoms with Crippen LogP contribution < -0.4 is 10.2 Å².